The van der Waals surface area contributed by atoms with Crippen LogP contribution in [0, 0.1) is 5.92 Å². The molecule has 0 bridgehead atoms. The van der Waals surface area contributed by atoms with Gasteiger partial charge in [0, 0.05) is 24.0 Å². The van der Waals surface area contributed by atoms with Crippen LogP contribution in [-0.4, -0.2) is 38.4 Å². The number of nitrogens with one attached hydrogen (secondary N) is 1. The lowest BCUT2D eigenvalue weighted by Crippen LogP contribution is -2.45. The van der Waals surface area contributed by atoms with E-state index in [9.17, 15) is 8.42 Å². The van der Waals surface area contributed by atoms with E-state index in [-0.39, 0.29) is 0 Å². The van der Waals surface area contributed by atoms with Gasteiger partial charge in [-0.2, -0.15) is 4.31 Å². The minimum absolute atomic E-state index is 0.492. The monoisotopic (exact) mass is 328 g/mol. The molecule has 1 aliphatic heterocycles. The molecule has 2 heterocycles. The molecule has 2 fully saturated rings. The van der Waals surface area contributed by atoms with Crippen LogP contribution in [0.2, 0.25) is 0 Å². The lowest BCUT2D eigenvalue weighted by Gasteiger charge is -2.31. The van der Waals surface area contributed by atoms with E-state index in [0.717, 1.165) is 36.6 Å². The van der Waals surface area contributed by atoms with Gasteiger partial charge in [-0.05, 0) is 56.7 Å². The van der Waals surface area contributed by atoms with Gasteiger partial charge in [-0.3, -0.25) is 0 Å². The normalized spacial score (nSPS) is 21.8. The summed E-state index contributed by atoms with van der Waals surface area (Å²) in [6.07, 6.45) is 5.47. The Morgan fingerprint density at radius 1 is 1.24 bits per heavy atom. The fourth-order valence-electron chi connectivity index (χ4n) is 2.77. The van der Waals surface area contributed by atoms with Crippen molar-refractivity contribution in [3.63, 3.8) is 0 Å². The Kier molecular flexibility index (Phi) is 4.69. The molecular weight excluding hydrogens is 304 g/mol. The van der Waals surface area contributed by atoms with Crippen molar-refractivity contribution >= 4 is 21.4 Å². The standard InChI is InChI=1S/C15H24N2O2S2/c1-2-14-5-6-15(20-14)21(18,19)17-9-7-13(8-10-17)16-11-12-3-4-12/h5-6,12-13,16H,2-4,7-11H2,1H3. The second-order valence-electron chi connectivity index (χ2n) is 6.10. The molecule has 1 aromatic heterocycles. The summed E-state index contributed by atoms with van der Waals surface area (Å²) < 4.78 is 27.4. The largest absolute Gasteiger partial charge is 0.314 e. The van der Waals surface area contributed by atoms with Gasteiger partial charge in [0.15, 0.2) is 0 Å². The third-order valence-corrected chi connectivity index (χ3v) is 8.02. The first-order chi connectivity index (χ1) is 10.1. The molecule has 1 aromatic rings. The van der Waals surface area contributed by atoms with Gasteiger partial charge in [0.1, 0.15) is 4.21 Å². The molecule has 1 saturated carbocycles. The van der Waals surface area contributed by atoms with Gasteiger partial charge in [-0.25, -0.2) is 8.42 Å². The Bertz CT molecular complexity index is 570. The zero-order valence-electron chi connectivity index (χ0n) is 12.5. The fraction of sp³-hybridized carbons (Fsp3) is 0.733. The molecule has 0 atom stereocenters. The SMILES string of the molecule is CCc1ccc(S(=O)(=O)N2CCC(NCC3CC3)CC2)s1. The molecule has 1 saturated heterocycles. The Morgan fingerprint density at radius 3 is 2.52 bits per heavy atom. The number of sulfonamides is 1. The molecule has 6 heteroatoms. The summed E-state index contributed by atoms with van der Waals surface area (Å²) >= 11 is 1.41. The number of aryl methyl sites for hydroxylation is 1. The minimum Gasteiger partial charge on any atom is -0.314 e. The summed E-state index contributed by atoms with van der Waals surface area (Å²) in [7, 11) is -3.27. The average molecular weight is 329 g/mol. The van der Waals surface area contributed by atoms with Crippen LogP contribution in [-0.2, 0) is 16.4 Å². The average Bonchev–Trinajstić information content (AvgIpc) is 3.19. The van der Waals surface area contributed by atoms with E-state index >= 15 is 0 Å². The van der Waals surface area contributed by atoms with Crippen LogP contribution in [0.3, 0.4) is 0 Å². The minimum atomic E-state index is -3.27. The molecular formula is C15H24N2O2S2. The number of hydrogen-bond donors (Lipinski definition) is 1. The summed E-state index contributed by atoms with van der Waals surface area (Å²) in [6.45, 7) is 4.45. The highest BCUT2D eigenvalue weighted by Gasteiger charge is 2.31. The van der Waals surface area contributed by atoms with Crippen molar-refractivity contribution in [1.29, 1.82) is 0 Å². The summed E-state index contributed by atoms with van der Waals surface area (Å²) in [5.41, 5.74) is 0. The Balaban J connectivity index is 1.57. The van der Waals surface area contributed by atoms with Crippen molar-refractivity contribution in [2.75, 3.05) is 19.6 Å². The second kappa shape index (κ2) is 6.36. The molecule has 1 N–H and O–H groups in total. The van der Waals surface area contributed by atoms with Gasteiger partial charge in [0.2, 0.25) is 0 Å². The summed E-state index contributed by atoms with van der Waals surface area (Å²) in [5, 5.41) is 3.59. The van der Waals surface area contributed by atoms with Crippen molar-refractivity contribution in [3.8, 4) is 0 Å². The Hall–Kier alpha value is -0.430. The van der Waals surface area contributed by atoms with Gasteiger partial charge in [-0.1, -0.05) is 6.92 Å². The van der Waals surface area contributed by atoms with Crippen LogP contribution in [0.1, 0.15) is 37.5 Å². The first-order valence-corrected chi connectivity index (χ1v) is 10.2. The van der Waals surface area contributed by atoms with E-state index in [1.807, 2.05) is 6.07 Å². The van der Waals surface area contributed by atoms with E-state index in [1.165, 1.54) is 24.2 Å². The van der Waals surface area contributed by atoms with E-state index in [0.29, 0.717) is 23.3 Å². The quantitative estimate of drug-likeness (QED) is 0.873. The predicted molar refractivity (Wildman–Crippen MR) is 86.2 cm³/mol. The molecule has 0 spiro atoms. The highest BCUT2D eigenvalue weighted by Crippen LogP contribution is 2.29. The molecule has 0 amide bonds. The number of piperidine rings is 1. The van der Waals surface area contributed by atoms with Crippen LogP contribution in [0.15, 0.2) is 16.3 Å². The second-order valence-corrected chi connectivity index (χ2v) is 9.44. The molecule has 2 aliphatic rings. The molecule has 21 heavy (non-hydrogen) atoms. The molecule has 3 rings (SSSR count). The van der Waals surface area contributed by atoms with Gasteiger partial charge >= 0.3 is 0 Å². The maximum Gasteiger partial charge on any atom is 0.252 e. The number of thiophene rings is 1. The number of nitrogens with zero attached hydrogens (tertiary/aromatic N) is 1. The van der Waals surface area contributed by atoms with Crippen LogP contribution in [0.4, 0.5) is 0 Å². The third-order valence-electron chi connectivity index (χ3n) is 4.43. The lowest BCUT2D eigenvalue weighted by atomic mass is 10.1. The predicted octanol–water partition coefficient (Wildman–Crippen LogP) is 2.46. The number of hydrogen-bond acceptors (Lipinski definition) is 4. The van der Waals surface area contributed by atoms with Gasteiger partial charge in [0.05, 0.1) is 0 Å². The summed E-state index contributed by atoms with van der Waals surface area (Å²) in [6, 6.07) is 4.18. The maximum absolute atomic E-state index is 12.6. The van der Waals surface area contributed by atoms with E-state index in [2.05, 4.69) is 12.2 Å². The molecule has 0 aromatic carbocycles. The zero-order chi connectivity index (χ0) is 14.9. The van der Waals surface area contributed by atoms with E-state index < -0.39 is 10.0 Å². The van der Waals surface area contributed by atoms with Gasteiger partial charge in [-0.15, -0.1) is 11.3 Å². The van der Waals surface area contributed by atoms with Crippen molar-refractivity contribution in [2.45, 2.75) is 49.3 Å². The van der Waals surface area contributed by atoms with Crippen LogP contribution >= 0.6 is 11.3 Å². The van der Waals surface area contributed by atoms with Crippen LogP contribution < -0.4 is 5.32 Å². The maximum atomic E-state index is 12.6. The van der Waals surface area contributed by atoms with Crippen LogP contribution in [0.5, 0.6) is 0 Å². The lowest BCUT2D eigenvalue weighted by molar-refractivity contribution is 0.288. The third kappa shape index (κ3) is 3.67. The molecule has 4 nitrogen and oxygen atoms in total. The molecule has 1 aliphatic carbocycles. The van der Waals surface area contributed by atoms with Crippen LogP contribution in [0.25, 0.3) is 0 Å². The molecule has 0 unspecified atom stereocenters. The van der Waals surface area contributed by atoms with E-state index in [4.69, 9.17) is 0 Å². The first kappa shape index (κ1) is 15.5. The van der Waals surface area contributed by atoms with Crippen molar-refractivity contribution < 1.29 is 8.42 Å². The van der Waals surface area contributed by atoms with Crippen molar-refractivity contribution in [1.82, 2.24) is 9.62 Å². The topological polar surface area (TPSA) is 49.4 Å². The van der Waals surface area contributed by atoms with Gasteiger partial charge in [0.25, 0.3) is 10.0 Å². The summed E-state index contributed by atoms with van der Waals surface area (Å²) in [4.78, 5) is 1.13. The summed E-state index contributed by atoms with van der Waals surface area (Å²) in [5.74, 6) is 0.880. The zero-order valence-corrected chi connectivity index (χ0v) is 14.2. The highest BCUT2D eigenvalue weighted by molar-refractivity contribution is 7.91. The molecule has 118 valence electrons. The smallest absolute Gasteiger partial charge is 0.252 e. The Morgan fingerprint density at radius 2 is 1.95 bits per heavy atom. The van der Waals surface area contributed by atoms with Gasteiger partial charge < -0.3 is 5.32 Å². The van der Waals surface area contributed by atoms with Crippen molar-refractivity contribution in [3.05, 3.63) is 17.0 Å². The Labute approximate surface area is 131 Å². The van der Waals surface area contributed by atoms with E-state index in [1.54, 1.807) is 10.4 Å². The number of rotatable bonds is 6. The highest BCUT2D eigenvalue weighted by atomic mass is 32.2. The van der Waals surface area contributed by atoms with Crippen molar-refractivity contribution in [2.24, 2.45) is 5.92 Å². The first-order valence-electron chi connectivity index (χ1n) is 7.92. The molecule has 0 radical (unpaired) electrons. The fourth-order valence-corrected chi connectivity index (χ4v) is 5.69.